The molecule has 0 radical (unpaired) electrons. The summed E-state index contributed by atoms with van der Waals surface area (Å²) < 4.78 is 1.39. The van der Waals surface area contributed by atoms with Crippen molar-refractivity contribution in [3.8, 4) is 5.69 Å². The van der Waals surface area contributed by atoms with Crippen molar-refractivity contribution >= 4 is 29.1 Å². The molecule has 2 N–H and O–H groups in total. The normalized spacial score (nSPS) is 11.6. The standard InChI is InChI=1S/C23H22ClN3O3/c1-3-15(2)25-22(29)19-8-6-14-27(23(19)30)17-12-10-16(11-13-17)26-21(28)18-7-4-5-9-20(18)24/h4-15H,3H2,1-2H3,(H,25,29)(H,26,28)/t15-/m1/s1. The highest BCUT2D eigenvalue weighted by Crippen LogP contribution is 2.18. The molecule has 3 aromatic rings. The van der Waals surface area contributed by atoms with Crippen LogP contribution < -0.4 is 16.2 Å². The zero-order chi connectivity index (χ0) is 21.7. The summed E-state index contributed by atoms with van der Waals surface area (Å²) in [6.07, 6.45) is 2.37. The van der Waals surface area contributed by atoms with Crippen LogP contribution >= 0.6 is 11.6 Å². The second kappa shape index (κ2) is 9.41. The van der Waals surface area contributed by atoms with Gasteiger partial charge in [0.25, 0.3) is 17.4 Å². The van der Waals surface area contributed by atoms with E-state index in [1.165, 1.54) is 10.6 Å². The SMILES string of the molecule is CC[C@@H](C)NC(=O)c1cccn(-c2ccc(NC(=O)c3ccccc3Cl)cc2)c1=O. The van der Waals surface area contributed by atoms with Gasteiger partial charge in [-0.25, -0.2) is 0 Å². The smallest absolute Gasteiger partial charge is 0.267 e. The lowest BCUT2D eigenvalue weighted by Gasteiger charge is -2.13. The Labute approximate surface area is 179 Å². The Bertz CT molecular complexity index is 1120. The molecule has 3 rings (SSSR count). The first-order valence-electron chi connectivity index (χ1n) is 9.59. The fraction of sp³-hybridized carbons (Fsp3) is 0.174. The predicted molar refractivity (Wildman–Crippen MR) is 119 cm³/mol. The maximum absolute atomic E-state index is 12.8. The Kier molecular flexibility index (Phi) is 6.69. The summed E-state index contributed by atoms with van der Waals surface area (Å²) in [4.78, 5) is 37.5. The van der Waals surface area contributed by atoms with Gasteiger partial charge in [-0.05, 0) is 61.9 Å². The lowest BCUT2D eigenvalue weighted by atomic mass is 10.2. The Hall–Kier alpha value is -3.38. The molecule has 30 heavy (non-hydrogen) atoms. The van der Waals surface area contributed by atoms with Gasteiger partial charge in [0.15, 0.2) is 0 Å². The fourth-order valence-electron chi connectivity index (χ4n) is 2.82. The van der Waals surface area contributed by atoms with E-state index in [9.17, 15) is 14.4 Å². The second-order valence-electron chi connectivity index (χ2n) is 6.86. The van der Waals surface area contributed by atoms with Crippen LogP contribution in [0.15, 0.2) is 71.7 Å². The van der Waals surface area contributed by atoms with Gasteiger partial charge in [0.1, 0.15) is 5.56 Å². The van der Waals surface area contributed by atoms with Gasteiger partial charge in [-0.3, -0.25) is 19.0 Å². The van der Waals surface area contributed by atoms with Crippen molar-refractivity contribution in [2.45, 2.75) is 26.3 Å². The van der Waals surface area contributed by atoms with Crippen LogP contribution in [0.1, 0.15) is 41.0 Å². The third kappa shape index (κ3) is 4.78. The van der Waals surface area contributed by atoms with Crippen LogP contribution in [-0.4, -0.2) is 22.4 Å². The maximum Gasteiger partial charge on any atom is 0.267 e. The van der Waals surface area contributed by atoms with E-state index in [1.54, 1.807) is 60.8 Å². The molecule has 0 unspecified atom stereocenters. The van der Waals surface area contributed by atoms with Gasteiger partial charge in [0, 0.05) is 23.6 Å². The number of aromatic nitrogens is 1. The van der Waals surface area contributed by atoms with Crippen LogP contribution in [0.25, 0.3) is 5.69 Å². The number of carbonyl (C=O) groups excluding carboxylic acids is 2. The molecule has 1 heterocycles. The van der Waals surface area contributed by atoms with Crippen LogP contribution in [0.5, 0.6) is 0 Å². The van der Waals surface area contributed by atoms with E-state index in [4.69, 9.17) is 11.6 Å². The number of halogens is 1. The number of amides is 2. The van der Waals surface area contributed by atoms with Crippen molar-refractivity contribution in [2.75, 3.05) is 5.32 Å². The number of pyridine rings is 1. The second-order valence-corrected chi connectivity index (χ2v) is 7.27. The number of anilines is 1. The van der Waals surface area contributed by atoms with Crippen molar-refractivity contribution in [3.05, 3.63) is 93.4 Å². The zero-order valence-corrected chi connectivity index (χ0v) is 17.4. The monoisotopic (exact) mass is 423 g/mol. The van der Waals surface area contributed by atoms with Gasteiger partial charge in [-0.1, -0.05) is 30.7 Å². The molecule has 0 aliphatic carbocycles. The van der Waals surface area contributed by atoms with E-state index >= 15 is 0 Å². The minimum atomic E-state index is -0.411. The van der Waals surface area contributed by atoms with Gasteiger partial charge < -0.3 is 10.6 Å². The molecule has 0 aliphatic rings. The van der Waals surface area contributed by atoms with Crippen molar-refractivity contribution in [1.82, 2.24) is 9.88 Å². The van der Waals surface area contributed by atoms with Crippen LogP contribution in [0.3, 0.4) is 0 Å². The highest BCUT2D eigenvalue weighted by molar-refractivity contribution is 6.34. The average molecular weight is 424 g/mol. The summed E-state index contributed by atoms with van der Waals surface area (Å²) in [5.74, 6) is -0.721. The van der Waals surface area contributed by atoms with Crippen molar-refractivity contribution in [1.29, 1.82) is 0 Å². The van der Waals surface area contributed by atoms with E-state index in [1.807, 2.05) is 13.8 Å². The molecule has 1 atom stereocenters. The average Bonchev–Trinajstić information content (AvgIpc) is 2.74. The molecule has 7 heteroatoms. The first kappa shape index (κ1) is 21.3. The number of nitrogens with zero attached hydrogens (tertiary/aromatic N) is 1. The highest BCUT2D eigenvalue weighted by Gasteiger charge is 2.15. The Balaban J connectivity index is 1.80. The number of carbonyl (C=O) groups is 2. The van der Waals surface area contributed by atoms with E-state index < -0.39 is 11.5 Å². The molecule has 1 aromatic heterocycles. The summed E-state index contributed by atoms with van der Waals surface area (Å²) in [5.41, 5.74) is 1.18. The number of nitrogens with one attached hydrogen (secondary N) is 2. The van der Waals surface area contributed by atoms with Crippen molar-refractivity contribution < 1.29 is 9.59 Å². The van der Waals surface area contributed by atoms with Gasteiger partial charge in [-0.2, -0.15) is 0 Å². The van der Waals surface area contributed by atoms with Gasteiger partial charge >= 0.3 is 0 Å². The Morgan fingerprint density at radius 2 is 1.63 bits per heavy atom. The first-order valence-corrected chi connectivity index (χ1v) is 9.97. The molecule has 0 aliphatic heterocycles. The third-order valence-electron chi connectivity index (χ3n) is 4.70. The van der Waals surface area contributed by atoms with Gasteiger partial charge in [0.05, 0.1) is 10.6 Å². The summed E-state index contributed by atoms with van der Waals surface area (Å²) >= 11 is 6.06. The molecule has 0 spiro atoms. The topological polar surface area (TPSA) is 80.2 Å². The Morgan fingerprint density at radius 3 is 2.30 bits per heavy atom. The van der Waals surface area contributed by atoms with E-state index in [-0.39, 0.29) is 17.5 Å². The molecule has 6 nitrogen and oxygen atoms in total. The maximum atomic E-state index is 12.8. The molecule has 0 fully saturated rings. The summed E-state index contributed by atoms with van der Waals surface area (Å²) in [6.45, 7) is 3.84. The van der Waals surface area contributed by atoms with E-state index in [2.05, 4.69) is 10.6 Å². The quantitative estimate of drug-likeness (QED) is 0.621. The van der Waals surface area contributed by atoms with Crippen LogP contribution in [0.2, 0.25) is 5.02 Å². The molecular formula is C23H22ClN3O3. The van der Waals surface area contributed by atoms with Gasteiger partial charge in [-0.15, -0.1) is 0 Å². The van der Waals surface area contributed by atoms with Gasteiger partial charge in [0.2, 0.25) is 0 Å². The third-order valence-corrected chi connectivity index (χ3v) is 5.03. The summed E-state index contributed by atoms with van der Waals surface area (Å²) in [6, 6.07) is 16.7. The van der Waals surface area contributed by atoms with Crippen molar-refractivity contribution in [2.24, 2.45) is 0 Å². The van der Waals surface area contributed by atoms with Crippen molar-refractivity contribution in [3.63, 3.8) is 0 Å². The molecule has 0 saturated heterocycles. The van der Waals surface area contributed by atoms with Crippen LogP contribution in [-0.2, 0) is 0 Å². The van der Waals surface area contributed by atoms with E-state index in [0.29, 0.717) is 22.0 Å². The highest BCUT2D eigenvalue weighted by atomic mass is 35.5. The minimum absolute atomic E-state index is 0.0217. The number of rotatable bonds is 6. The molecule has 154 valence electrons. The molecule has 2 amide bonds. The van der Waals surface area contributed by atoms with Crippen LogP contribution in [0, 0.1) is 0 Å². The molecular weight excluding hydrogens is 402 g/mol. The largest absolute Gasteiger partial charge is 0.349 e. The Morgan fingerprint density at radius 1 is 0.967 bits per heavy atom. The predicted octanol–water partition coefficient (Wildman–Crippen LogP) is 4.27. The molecule has 0 bridgehead atoms. The first-order chi connectivity index (χ1) is 14.4. The zero-order valence-electron chi connectivity index (χ0n) is 16.7. The summed E-state index contributed by atoms with van der Waals surface area (Å²) in [5, 5.41) is 5.95. The molecule has 0 saturated carbocycles. The number of benzene rings is 2. The lowest BCUT2D eigenvalue weighted by molar-refractivity contribution is 0.0936. The van der Waals surface area contributed by atoms with E-state index in [0.717, 1.165) is 6.42 Å². The summed E-state index contributed by atoms with van der Waals surface area (Å²) in [7, 11) is 0. The fourth-order valence-corrected chi connectivity index (χ4v) is 3.04. The number of hydrogen-bond donors (Lipinski definition) is 2. The minimum Gasteiger partial charge on any atom is -0.349 e. The number of hydrogen-bond acceptors (Lipinski definition) is 3. The van der Waals surface area contributed by atoms with Crippen LogP contribution in [0.4, 0.5) is 5.69 Å². The lowest BCUT2D eigenvalue weighted by Crippen LogP contribution is -2.36. The molecule has 2 aromatic carbocycles.